The van der Waals surface area contributed by atoms with Crippen LogP contribution < -0.4 is 0 Å². The molecular weight excluding hydrogens is 184 g/mol. The lowest BCUT2D eigenvalue weighted by molar-refractivity contribution is 0.797. The van der Waals surface area contributed by atoms with Crippen molar-refractivity contribution in [3.63, 3.8) is 0 Å². The van der Waals surface area contributed by atoms with Gasteiger partial charge in [-0.3, -0.25) is 0 Å². The maximum atomic E-state index is 3.17. The molecule has 3 aromatic rings. The predicted octanol–water partition coefficient (Wildman–Crippen LogP) is 2.75. The molecule has 0 fully saturated rings. The molecule has 2 heteroatoms. The smallest absolute Gasteiger partial charge is 0.0667 e. The van der Waals surface area contributed by atoms with Gasteiger partial charge in [0.05, 0.1) is 10.9 Å². The summed E-state index contributed by atoms with van der Waals surface area (Å²) in [5.41, 5.74) is 2.48. The van der Waals surface area contributed by atoms with E-state index in [2.05, 4.69) is 59.8 Å². The van der Waals surface area contributed by atoms with E-state index in [4.69, 9.17) is 0 Å². The summed E-state index contributed by atoms with van der Waals surface area (Å²) in [5.74, 6) is 0. The first kappa shape index (κ1) is 8.43. The van der Waals surface area contributed by atoms with Crippen molar-refractivity contribution < 1.29 is 0 Å². The van der Waals surface area contributed by atoms with E-state index in [1.54, 1.807) is 0 Å². The lowest BCUT2D eigenvalue weighted by Crippen LogP contribution is -1.91. The third kappa shape index (κ3) is 1.07. The first-order chi connectivity index (χ1) is 7.29. The van der Waals surface area contributed by atoms with E-state index in [-0.39, 0.29) is 0 Å². The summed E-state index contributed by atoms with van der Waals surface area (Å²) in [5, 5.41) is 2.42. The number of rotatable bonds is 1. The van der Waals surface area contributed by atoms with Gasteiger partial charge in [0.2, 0.25) is 0 Å². The number of hydrogen-bond donors (Lipinski definition) is 0. The van der Waals surface area contributed by atoms with Gasteiger partial charge in [-0.05, 0) is 31.2 Å². The van der Waals surface area contributed by atoms with Crippen molar-refractivity contribution in [3.05, 3.63) is 36.7 Å². The van der Waals surface area contributed by atoms with Crippen LogP contribution in [0.4, 0.5) is 0 Å². The van der Waals surface area contributed by atoms with Crippen molar-refractivity contribution in [3.8, 4) is 0 Å². The van der Waals surface area contributed by atoms with Crippen LogP contribution in [-0.2, 0) is 13.6 Å². The zero-order chi connectivity index (χ0) is 10.4. The number of benzene rings is 1. The fraction of sp³-hybridized carbons (Fsp3) is 0.231. The summed E-state index contributed by atoms with van der Waals surface area (Å²) in [6.07, 6.45) is 5.22. The average Bonchev–Trinajstić information content (AvgIpc) is 2.80. The molecule has 0 atom stereocenters. The van der Waals surface area contributed by atoms with E-state index < -0.39 is 0 Å². The molecule has 0 aliphatic rings. The van der Waals surface area contributed by atoms with Crippen LogP contribution in [0, 0.1) is 12.3 Å². The van der Waals surface area contributed by atoms with Crippen molar-refractivity contribution in [1.82, 2.24) is 9.13 Å². The largest absolute Gasteiger partial charge is 0.350 e. The number of nitrogens with zero attached hydrogens (tertiary/aromatic N) is 2. The van der Waals surface area contributed by atoms with E-state index in [1.807, 2.05) is 0 Å². The maximum absolute atomic E-state index is 3.17. The van der Waals surface area contributed by atoms with Gasteiger partial charge in [-0.2, -0.15) is 0 Å². The Balaban J connectivity index is 2.47. The quantitative estimate of drug-likeness (QED) is 0.566. The molecule has 2 heterocycles. The topological polar surface area (TPSA) is 9.86 Å². The fourth-order valence-corrected chi connectivity index (χ4v) is 2.07. The van der Waals surface area contributed by atoms with Crippen molar-refractivity contribution in [2.45, 2.75) is 13.5 Å². The van der Waals surface area contributed by atoms with Crippen LogP contribution in [0.1, 0.15) is 6.92 Å². The minimum atomic E-state index is 0.940. The SMILES string of the molecule is CCn1c#cc2cc3ccn(C)c3cc21. The normalized spacial score (nSPS) is 11.1. The second-order valence-corrected chi connectivity index (χ2v) is 3.84. The molecule has 0 amide bonds. The summed E-state index contributed by atoms with van der Waals surface area (Å²) >= 11 is 0. The van der Waals surface area contributed by atoms with Crippen molar-refractivity contribution >= 4 is 21.8 Å². The maximum Gasteiger partial charge on any atom is 0.0667 e. The van der Waals surface area contributed by atoms with Gasteiger partial charge >= 0.3 is 0 Å². The summed E-state index contributed by atoms with van der Waals surface area (Å²) in [4.78, 5) is 0. The molecule has 2 nitrogen and oxygen atoms in total. The second-order valence-electron chi connectivity index (χ2n) is 3.84. The number of fused-ring (bicyclic) bond motifs is 2. The zero-order valence-corrected chi connectivity index (χ0v) is 8.91. The Morgan fingerprint density at radius 3 is 2.93 bits per heavy atom. The molecule has 3 rings (SSSR count). The molecule has 2 aromatic heterocycles. The van der Waals surface area contributed by atoms with Crippen LogP contribution in [0.3, 0.4) is 0 Å². The lowest BCUT2D eigenvalue weighted by atomic mass is 10.2. The fourth-order valence-electron chi connectivity index (χ4n) is 2.07. The van der Waals surface area contributed by atoms with E-state index in [0.29, 0.717) is 0 Å². The third-order valence-corrected chi connectivity index (χ3v) is 2.94. The van der Waals surface area contributed by atoms with E-state index in [1.165, 1.54) is 16.4 Å². The Hall–Kier alpha value is -1.88. The Labute approximate surface area is 88.7 Å². The molecule has 0 spiro atoms. The van der Waals surface area contributed by atoms with Crippen LogP contribution in [-0.4, -0.2) is 9.13 Å². The van der Waals surface area contributed by atoms with Crippen LogP contribution in [0.15, 0.2) is 24.4 Å². The van der Waals surface area contributed by atoms with Gasteiger partial charge < -0.3 is 9.13 Å². The Kier molecular flexibility index (Phi) is 1.58. The van der Waals surface area contributed by atoms with Crippen LogP contribution >= 0.6 is 0 Å². The molecule has 0 radical (unpaired) electrons. The van der Waals surface area contributed by atoms with Gasteiger partial charge in [0, 0.05) is 36.9 Å². The lowest BCUT2D eigenvalue weighted by Gasteiger charge is -2.00. The van der Waals surface area contributed by atoms with Crippen molar-refractivity contribution in [1.29, 1.82) is 0 Å². The molecule has 0 aliphatic heterocycles. The van der Waals surface area contributed by atoms with Gasteiger partial charge in [-0.25, -0.2) is 0 Å². The van der Waals surface area contributed by atoms with Crippen molar-refractivity contribution in [2.75, 3.05) is 0 Å². The second kappa shape index (κ2) is 2.80. The molecule has 0 saturated carbocycles. The minimum absolute atomic E-state index is 0.940. The average molecular weight is 196 g/mol. The van der Waals surface area contributed by atoms with Gasteiger partial charge in [0.15, 0.2) is 0 Å². The highest BCUT2D eigenvalue weighted by atomic mass is 14.9. The molecule has 74 valence electrons. The summed E-state index contributed by atoms with van der Waals surface area (Å²) in [7, 11) is 2.07. The molecule has 1 aromatic carbocycles. The monoisotopic (exact) mass is 196 g/mol. The number of aryl methyl sites for hydroxylation is 2. The zero-order valence-electron chi connectivity index (χ0n) is 8.91. The van der Waals surface area contributed by atoms with Gasteiger partial charge in [-0.1, -0.05) is 0 Å². The van der Waals surface area contributed by atoms with E-state index in [9.17, 15) is 0 Å². The molecule has 0 N–H and O–H groups in total. The van der Waals surface area contributed by atoms with E-state index >= 15 is 0 Å². The highest BCUT2D eigenvalue weighted by Gasteiger charge is 2.03. The van der Waals surface area contributed by atoms with Crippen LogP contribution in [0.2, 0.25) is 0 Å². The molecule has 0 unspecified atom stereocenters. The molecule has 0 saturated heterocycles. The first-order valence-electron chi connectivity index (χ1n) is 5.18. The third-order valence-electron chi connectivity index (χ3n) is 2.94. The van der Waals surface area contributed by atoms with Crippen LogP contribution in [0.5, 0.6) is 0 Å². The summed E-state index contributed by atoms with van der Waals surface area (Å²) in [6, 6.07) is 9.68. The predicted molar refractivity (Wildman–Crippen MR) is 61.8 cm³/mol. The van der Waals surface area contributed by atoms with Gasteiger partial charge in [-0.15, -0.1) is 0 Å². The highest BCUT2D eigenvalue weighted by molar-refractivity contribution is 5.95. The van der Waals surface area contributed by atoms with Gasteiger partial charge in [0.1, 0.15) is 0 Å². The Morgan fingerprint density at radius 2 is 2.13 bits per heavy atom. The van der Waals surface area contributed by atoms with Crippen molar-refractivity contribution in [2.24, 2.45) is 7.05 Å². The van der Waals surface area contributed by atoms with E-state index in [0.717, 1.165) is 11.9 Å². The molecule has 0 aliphatic carbocycles. The van der Waals surface area contributed by atoms with Crippen LogP contribution in [0.25, 0.3) is 21.8 Å². The standard InChI is InChI=1S/C13H12N2/c1-3-15-7-5-11-8-10-4-6-14(2)12(10)9-13(11)15/h4,6,8-9H,3H2,1-2H3. The Bertz CT molecular complexity index is 628. The number of aromatic nitrogens is 2. The minimum Gasteiger partial charge on any atom is -0.350 e. The Morgan fingerprint density at radius 1 is 1.27 bits per heavy atom. The number of hydrogen-bond acceptors (Lipinski definition) is 0. The summed E-state index contributed by atoms with van der Waals surface area (Å²) < 4.78 is 4.24. The highest BCUT2D eigenvalue weighted by Crippen LogP contribution is 2.22. The molecule has 0 bridgehead atoms. The molecule has 15 heavy (non-hydrogen) atoms. The first-order valence-corrected chi connectivity index (χ1v) is 5.18. The summed E-state index contributed by atoms with van der Waals surface area (Å²) in [6.45, 7) is 3.06. The van der Waals surface area contributed by atoms with Gasteiger partial charge in [0.25, 0.3) is 0 Å². The molecular formula is C13H12N2.